The average molecular weight is 251 g/mol. The van der Waals surface area contributed by atoms with Gasteiger partial charge in [0.1, 0.15) is 0 Å². The summed E-state index contributed by atoms with van der Waals surface area (Å²) in [6, 6.07) is 1.67. The Kier molecular flexibility index (Phi) is 4.65. The van der Waals surface area contributed by atoms with Crippen LogP contribution in [0.3, 0.4) is 0 Å². The lowest BCUT2D eigenvalue weighted by Crippen LogP contribution is -2.36. The molecule has 1 unspecified atom stereocenters. The van der Waals surface area contributed by atoms with E-state index in [1.807, 2.05) is 6.92 Å². The Bertz CT molecular complexity index is 463. The van der Waals surface area contributed by atoms with E-state index in [0.29, 0.717) is 6.54 Å². The van der Waals surface area contributed by atoms with E-state index in [1.165, 1.54) is 13.8 Å². The van der Waals surface area contributed by atoms with Crippen LogP contribution in [0.1, 0.15) is 20.8 Å². The summed E-state index contributed by atoms with van der Waals surface area (Å²) >= 11 is 0. The Morgan fingerprint density at radius 1 is 1.39 bits per heavy atom. The fourth-order valence-electron chi connectivity index (χ4n) is 1.40. The van der Waals surface area contributed by atoms with Gasteiger partial charge in [-0.1, -0.05) is 0 Å². The Labute approximate surface area is 105 Å². The van der Waals surface area contributed by atoms with Crippen LogP contribution in [0, 0.1) is 0 Å². The van der Waals surface area contributed by atoms with E-state index in [0.717, 1.165) is 0 Å². The molecular formula is C12H17N3O3. The van der Waals surface area contributed by atoms with Crippen molar-refractivity contribution in [1.82, 2.24) is 15.1 Å². The highest BCUT2D eigenvalue weighted by Crippen LogP contribution is 2.04. The SMILES string of the molecule is CC(C(=O)O)=C(C)C(=O)NC(C)Cn1cccn1. The van der Waals surface area contributed by atoms with Gasteiger partial charge in [0.2, 0.25) is 5.91 Å². The van der Waals surface area contributed by atoms with Crippen molar-refractivity contribution in [3.63, 3.8) is 0 Å². The highest BCUT2D eigenvalue weighted by atomic mass is 16.4. The van der Waals surface area contributed by atoms with E-state index in [-0.39, 0.29) is 23.1 Å². The van der Waals surface area contributed by atoms with Crippen molar-refractivity contribution in [3.8, 4) is 0 Å². The van der Waals surface area contributed by atoms with Crippen LogP contribution in [0.5, 0.6) is 0 Å². The van der Waals surface area contributed by atoms with Crippen molar-refractivity contribution in [2.24, 2.45) is 0 Å². The normalized spacial score (nSPS) is 13.7. The number of carboxylic acid groups (broad SMARTS) is 1. The number of hydrogen-bond acceptors (Lipinski definition) is 3. The summed E-state index contributed by atoms with van der Waals surface area (Å²) in [7, 11) is 0. The van der Waals surface area contributed by atoms with Gasteiger partial charge >= 0.3 is 5.97 Å². The summed E-state index contributed by atoms with van der Waals surface area (Å²) < 4.78 is 1.70. The van der Waals surface area contributed by atoms with E-state index in [4.69, 9.17) is 5.11 Å². The van der Waals surface area contributed by atoms with Gasteiger partial charge in [-0.25, -0.2) is 4.79 Å². The van der Waals surface area contributed by atoms with Crippen molar-refractivity contribution < 1.29 is 14.7 Å². The molecule has 6 nitrogen and oxygen atoms in total. The van der Waals surface area contributed by atoms with E-state index in [1.54, 1.807) is 23.1 Å². The standard InChI is InChI=1S/C12H17N3O3/c1-8(7-15-6-4-5-13-15)14-11(16)9(2)10(3)12(17)18/h4-6,8H,7H2,1-3H3,(H,14,16)(H,17,18). The molecule has 0 aliphatic carbocycles. The first-order valence-electron chi connectivity index (χ1n) is 5.61. The zero-order chi connectivity index (χ0) is 13.7. The maximum absolute atomic E-state index is 11.8. The van der Waals surface area contributed by atoms with Crippen LogP contribution in [0.4, 0.5) is 0 Å². The summed E-state index contributed by atoms with van der Waals surface area (Å²) in [4.78, 5) is 22.5. The lowest BCUT2D eigenvalue weighted by molar-refractivity contribution is -0.133. The molecule has 2 N–H and O–H groups in total. The Morgan fingerprint density at radius 3 is 2.56 bits per heavy atom. The number of nitrogens with one attached hydrogen (secondary N) is 1. The highest BCUT2D eigenvalue weighted by Gasteiger charge is 2.14. The molecule has 0 radical (unpaired) electrons. The zero-order valence-corrected chi connectivity index (χ0v) is 10.7. The first-order valence-corrected chi connectivity index (χ1v) is 5.61. The summed E-state index contributed by atoms with van der Waals surface area (Å²) in [5.74, 6) is -1.45. The largest absolute Gasteiger partial charge is 0.478 e. The second-order valence-electron chi connectivity index (χ2n) is 4.16. The van der Waals surface area contributed by atoms with Crippen molar-refractivity contribution in [3.05, 3.63) is 29.6 Å². The molecule has 0 saturated heterocycles. The third kappa shape index (κ3) is 3.73. The molecule has 0 fully saturated rings. The number of amides is 1. The summed E-state index contributed by atoms with van der Waals surface area (Å²) in [6.07, 6.45) is 3.46. The number of nitrogens with zero attached hydrogens (tertiary/aromatic N) is 2. The van der Waals surface area contributed by atoms with Gasteiger partial charge in [-0.3, -0.25) is 9.48 Å². The van der Waals surface area contributed by atoms with Gasteiger partial charge in [-0.2, -0.15) is 5.10 Å². The van der Waals surface area contributed by atoms with E-state index in [9.17, 15) is 9.59 Å². The molecule has 0 spiro atoms. The number of aliphatic carboxylic acids is 1. The van der Waals surface area contributed by atoms with Crippen molar-refractivity contribution >= 4 is 11.9 Å². The van der Waals surface area contributed by atoms with Gasteiger partial charge in [0.05, 0.1) is 6.54 Å². The molecule has 0 aromatic carbocycles. The molecule has 0 bridgehead atoms. The minimum absolute atomic E-state index is 0.0544. The molecular weight excluding hydrogens is 234 g/mol. The quantitative estimate of drug-likeness (QED) is 0.758. The molecule has 1 atom stereocenters. The number of carbonyl (C=O) groups excluding carboxylic acids is 1. The third-order valence-corrected chi connectivity index (χ3v) is 2.62. The fraction of sp³-hybridized carbons (Fsp3) is 0.417. The number of carboxylic acids is 1. The van der Waals surface area contributed by atoms with Gasteiger partial charge < -0.3 is 10.4 Å². The second kappa shape index (κ2) is 6.00. The monoisotopic (exact) mass is 251 g/mol. The first-order chi connectivity index (χ1) is 8.41. The second-order valence-corrected chi connectivity index (χ2v) is 4.16. The number of aromatic nitrogens is 2. The molecule has 0 saturated carbocycles. The predicted octanol–water partition coefficient (Wildman–Crippen LogP) is 0.809. The molecule has 1 aromatic heterocycles. The van der Waals surface area contributed by atoms with Gasteiger partial charge in [0.15, 0.2) is 0 Å². The molecule has 98 valence electrons. The van der Waals surface area contributed by atoms with Crippen molar-refractivity contribution in [1.29, 1.82) is 0 Å². The number of carbonyl (C=O) groups is 2. The Morgan fingerprint density at radius 2 is 2.06 bits per heavy atom. The minimum atomic E-state index is -1.08. The lowest BCUT2D eigenvalue weighted by Gasteiger charge is -2.14. The molecule has 0 aliphatic heterocycles. The van der Waals surface area contributed by atoms with Gasteiger partial charge in [-0.05, 0) is 26.8 Å². The van der Waals surface area contributed by atoms with Crippen LogP contribution >= 0.6 is 0 Å². The van der Waals surface area contributed by atoms with Gasteiger partial charge in [0.25, 0.3) is 0 Å². The van der Waals surface area contributed by atoms with Crippen LogP contribution in [0.25, 0.3) is 0 Å². The zero-order valence-electron chi connectivity index (χ0n) is 10.7. The van der Waals surface area contributed by atoms with E-state index >= 15 is 0 Å². The molecule has 18 heavy (non-hydrogen) atoms. The smallest absolute Gasteiger partial charge is 0.331 e. The van der Waals surface area contributed by atoms with E-state index in [2.05, 4.69) is 10.4 Å². The topological polar surface area (TPSA) is 84.2 Å². The predicted molar refractivity (Wildman–Crippen MR) is 65.8 cm³/mol. The first kappa shape index (κ1) is 14.0. The summed E-state index contributed by atoms with van der Waals surface area (Å²) in [5.41, 5.74) is 0.272. The Hall–Kier alpha value is -2.11. The van der Waals surface area contributed by atoms with Crippen molar-refractivity contribution in [2.75, 3.05) is 0 Å². The van der Waals surface area contributed by atoms with Crippen LogP contribution in [-0.4, -0.2) is 32.8 Å². The maximum atomic E-state index is 11.8. The fourth-order valence-corrected chi connectivity index (χ4v) is 1.40. The van der Waals surface area contributed by atoms with E-state index < -0.39 is 5.97 Å². The molecule has 1 amide bonds. The van der Waals surface area contributed by atoms with Gasteiger partial charge in [0, 0.05) is 29.6 Å². The number of rotatable bonds is 5. The molecule has 1 aromatic rings. The highest BCUT2D eigenvalue weighted by molar-refractivity contribution is 6.01. The van der Waals surface area contributed by atoms with Crippen molar-refractivity contribution in [2.45, 2.75) is 33.4 Å². The maximum Gasteiger partial charge on any atom is 0.331 e. The summed E-state index contributed by atoms with van der Waals surface area (Å²) in [5, 5.41) is 15.6. The minimum Gasteiger partial charge on any atom is -0.478 e. The third-order valence-electron chi connectivity index (χ3n) is 2.62. The molecule has 1 rings (SSSR count). The van der Waals surface area contributed by atoms with Gasteiger partial charge in [-0.15, -0.1) is 0 Å². The van der Waals surface area contributed by atoms with Crippen LogP contribution < -0.4 is 5.32 Å². The number of hydrogen-bond donors (Lipinski definition) is 2. The molecule has 0 aliphatic rings. The van der Waals surface area contributed by atoms with Crippen LogP contribution in [0.2, 0.25) is 0 Å². The molecule has 1 heterocycles. The average Bonchev–Trinajstić information content (AvgIpc) is 2.79. The molecule has 6 heteroatoms. The summed E-state index contributed by atoms with van der Waals surface area (Å²) in [6.45, 7) is 5.29. The lowest BCUT2D eigenvalue weighted by atomic mass is 10.1. The Balaban J connectivity index is 2.59. The van der Waals surface area contributed by atoms with Crippen LogP contribution in [0.15, 0.2) is 29.6 Å². The van der Waals surface area contributed by atoms with Crippen LogP contribution in [-0.2, 0) is 16.1 Å².